The molecule has 0 unspecified atom stereocenters. The monoisotopic (exact) mass is 387 g/mol. The van der Waals surface area contributed by atoms with Crippen molar-refractivity contribution in [2.75, 3.05) is 13.7 Å². The Morgan fingerprint density at radius 2 is 2.00 bits per heavy atom. The number of nitrogens with one attached hydrogen (secondary N) is 1. The number of hydrogen-bond donors (Lipinski definition) is 2. The molecule has 0 aliphatic rings. The molecule has 0 aliphatic carbocycles. The first kappa shape index (κ1) is 19.3. The van der Waals surface area contributed by atoms with Crippen LogP contribution >= 0.6 is 15.9 Å². The van der Waals surface area contributed by atoms with Crippen molar-refractivity contribution in [1.29, 1.82) is 0 Å². The molecule has 0 saturated carbocycles. The minimum atomic E-state index is -1.05. The van der Waals surface area contributed by atoms with Crippen LogP contribution in [0.5, 0.6) is 11.5 Å². The minimum Gasteiger partial charge on any atom is -0.493 e. The molecule has 0 aliphatic heterocycles. The van der Waals surface area contributed by atoms with Crippen molar-refractivity contribution in [3.05, 3.63) is 22.2 Å². The van der Waals surface area contributed by atoms with Gasteiger partial charge >= 0.3 is 5.97 Å². The van der Waals surface area contributed by atoms with Gasteiger partial charge in [0.15, 0.2) is 11.5 Å². The van der Waals surface area contributed by atoms with Gasteiger partial charge in [-0.05, 0) is 47.3 Å². The average molecular weight is 388 g/mol. The third kappa shape index (κ3) is 5.42. The first-order chi connectivity index (χ1) is 10.8. The summed E-state index contributed by atoms with van der Waals surface area (Å²) in [6.07, 6.45) is 0.358. The van der Waals surface area contributed by atoms with Gasteiger partial charge in [-0.3, -0.25) is 4.79 Å². The molecule has 128 valence electrons. The predicted molar refractivity (Wildman–Crippen MR) is 90.2 cm³/mol. The summed E-state index contributed by atoms with van der Waals surface area (Å²) in [5.74, 6) is -0.465. The Kier molecular flexibility index (Phi) is 7.35. The number of rotatable bonds is 8. The van der Waals surface area contributed by atoms with Crippen LogP contribution in [0.2, 0.25) is 0 Å². The molecule has 0 heterocycles. The van der Waals surface area contributed by atoms with Crippen LogP contribution in [0.15, 0.2) is 16.6 Å². The molecule has 0 aromatic heterocycles. The van der Waals surface area contributed by atoms with Crippen molar-refractivity contribution in [2.24, 2.45) is 5.92 Å². The fourth-order valence-corrected chi connectivity index (χ4v) is 2.63. The molecule has 0 saturated heterocycles. The van der Waals surface area contributed by atoms with Crippen LogP contribution in [0.4, 0.5) is 0 Å². The maximum atomic E-state index is 12.3. The van der Waals surface area contributed by atoms with E-state index in [-0.39, 0.29) is 5.92 Å². The highest BCUT2D eigenvalue weighted by Gasteiger charge is 2.23. The maximum absolute atomic E-state index is 12.3. The standard InChI is InChI=1S/C16H22BrNO5/c1-5-23-14-11(17)7-10(8-13(14)22-4)15(19)18-12(16(20)21)6-9(2)3/h7-9,12H,5-6H2,1-4H3,(H,18,19)(H,20,21)/t12-/m0/s1. The quantitative estimate of drug-likeness (QED) is 0.715. The fraction of sp³-hybridized carbons (Fsp3) is 0.500. The maximum Gasteiger partial charge on any atom is 0.326 e. The van der Waals surface area contributed by atoms with Crippen molar-refractivity contribution in [3.8, 4) is 11.5 Å². The number of carboxylic acid groups (broad SMARTS) is 1. The van der Waals surface area contributed by atoms with Gasteiger partial charge < -0.3 is 19.9 Å². The van der Waals surface area contributed by atoms with Gasteiger partial charge in [0.25, 0.3) is 5.91 Å². The van der Waals surface area contributed by atoms with E-state index in [0.717, 1.165) is 0 Å². The van der Waals surface area contributed by atoms with Gasteiger partial charge in [-0.1, -0.05) is 13.8 Å². The molecule has 6 nitrogen and oxygen atoms in total. The summed E-state index contributed by atoms with van der Waals surface area (Å²) in [5, 5.41) is 11.8. The van der Waals surface area contributed by atoms with Crippen molar-refractivity contribution < 1.29 is 24.2 Å². The molecule has 1 aromatic rings. The van der Waals surface area contributed by atoms with Crippen LogP contribution in [0.25, 0.3) is 0 Å². The van der Waals surface area contributed by atoms with Crippen LogP contribution in [-0.2, 0) is 4.79 Å². The number of benzene rings is 1. The number of aliphatic carboxylic acids is 1. The highest BCUT2D eigenvalue weighted by Crippen LogP contribution is 2.36. The van der Waals surface area contributed by atoms with Gasteiger partial charge in [0.2, 0.25) is 0 Å². The Bertz CT molecular complexity index is 574. The topological polar surface area (TPSA) is 84.9 Å². The van der Waals surface area contributed by atoms with Crippen LogP contribution in [0.1, 0.15) is 37.6 Å². The van der Waals surface area contributed by atoms with Crippen LogP contribution in [0.3, 0.4) is 0 Å². The summed E-state index contributed by atoms with van der Waals surface area (Å²) in [7, 11) is 1.48. The van der Waals surface area contributed by atoms with E-state index < -0.39 is 17.9 Å². The van der Waals surface area contributed by atoms with E-state index in [1.807, 2.05) is 20.8 Å². The third-order valence-electron chi connectivity index (χ3n) is 3.09. The number of carboxylic acids is 1. The first-order valence-corrected chi connectivity index (χ1v) is 8.13. The fourth-order valence-electron chi connectivity index (χ4n) is 2.07. The number of carbonyl (C=O) groups is 2. The number of halogens is 1. The molecule has 1 rings (SSSR count). The Balaban J connectivity index is 3.03. The summed E-state index contributed by atoms with van der Waals surface area (Å²) in [4.78, 5) is 23.6. The molecule has 0 spiro atoms. The highest BCUT2D eigenvalue weighted by atomic mass is 79.9. The van der Waals surface area contributed by atoms with E-state index >= 15 is 0 Å². The van der Waals surface area contributed by atoms with Crippen molar-refractivity contribution >= 4 is 27.8 Å². The van der Waals surface area contributed by atoms with Gasteiger partial charge in [0.05, 0.1) is 18.2 Å². The number of carbonyl (C=O) groups excluding carboxylic acids is 1. The zero-order chi connectivity index (χ0) is 17.6. The lowest BCUT2D eigenvalue weighted by molar-refractivity contribution is -0.139. The predicted octanol–water partition coefficient (Wildman–Crippen LogP) is 3.09. The lowest BCUT2D eigenvalue weighted by Gasteiger charge is -2.17. The molecular weight excluding hydrogens is 366 g/mol. The molecule has 7 heteroatoms. The van der Waals surface area contributed by atoms with E-state index in [1.54, 1.807) is 6.07 Å². The van der Waals surface area contributed by atoms with Crippen LogP contribution < -0.4 is 14.8 Å². The smallest absolute Gasteiger partial charge is 0.326 e. The minimum absolute atomic E-state index is 0.151. The van der Waals surface area contributed by atoms with E-state index in [0.29, 0.717) is 34.6 Å². The van der Waals surface area contributed by atoms with Gasteiger partial charge in [0.1, 0.15) is 6.04 Å². The molecule has 0 bridgehead atoms. The van der Waals surface area contributed by atoms with E-state index in [2.05, 4.69) is 21.2 Å². The van der Waals surface area contributed by atoms with Gasteiger partial charge in [-0.2, -0.15) is 0 Å². The highest BCUT2D eigenvalue weighted by molar-refractivity contribution is 9.10. The van der Waals surface area contributed by atoms with Crippen LogP contribution in [-0.4, -0.2) is 36.7 Å². The van der Waals surface area contributed by atoms with E-state index in [1.165, 1.54) is 13.2 Å². The summed E-state index contributed by atoms with van der Waals surface area (Å²) in [6, 6.07) is 2.18. The molecule has 2 N–H and O–H groups in total. The van der Waals surface area contributed by atoms with Crippen LogP contribution in [0, 0.1) is 5.92 Å². The lowest BCUT2D eigenvalue weighted by atomic mass is 10.0. The first-order valence-electron chi connectivity index (χ1n) is 7.34. The molecule has 1 amide bonds. The van der Waals surface area contributed by atoms with Gasteiger partial charge in [-0.15, -0.1) is 0 Å². The zero-order valence-corrected chi connectivity index (χ0v) is 15.3. The normalized spacial score (nSPS) is 11.9. The number of hydrogen-bond acceptors (Lipinski definition) is 4. The lowest BCUT2D eigenvalue weighted by Crippen LogP contribution is -2.41. The number of amides is 1. The zero-order valence-electron chi connectivity index (χ0n) is 13.7. The summed E-state index contributed by atoms with van der Waals surface area (Å²) in [6.45, 7) is 6.10. The molecule has 0 fully saturated rings. The number of ether oxygens (including phenoxy) is 2. The summed E-state index contributed by atoms with van der Waals surface area (Å²) in [5.41, 5.74) is 0.298. The number of methoxy groups -OCH3 is 1. The molecule has 1 aromatic carbocycles. The Morgan fingerprint density at radius 3 is 2.48 bits per heavy atom. The Hall–Kier alpha value is -1.76. The summed E-state index contributed by atoms with van der Waals surface area (Å²) >= 11 is 3.34. The van der Waals surface area contributed by atoms with E-state index in [4.69, 9.17) is 9.47 Å². The van der Waals surface area contributed by atoms with Gasteiger partial charge in [0, 0.05) is 5.56 Å². The van der Waals surface area contributed by atoms with Crippen molar-refractivity contribution in [3.63, 3.8) is 0 Å². The summed E-state index contributed by atoms with van der Waals surface area (Å²) < 4.78 is 11.3. The Labute approximate surface area is 144 Å². The largest absolute Gasteiger partial charge is 0.493 e. The second kappa shape index (κ2) is 8.76. The van der Waals surface area contributed by atoms with Crippen molar-refractivity contribution in [2.45, 2.75) is 33.2 Å². The third-order valence-corrected chi connectivity index (χ3v) is 3.68. The molecule has 23 heavy (non-hydrogen) atoms. The Morgan fingerprint density at radius 1 is 1.35 bits per heavy atom. The SMILES string of the molecule is CCOc1c(Br)cc(C(=O)N[C@@H](CC(C)C)C(=O)O)cc1OC. The van der Waals surface area contributed by atoms with E-state index in [9.17, 15) is 14.7 Å². The second-order valence-electron chi connectivity index (χ2n) is 5.42. The molecule has 1 atom stereocenters. The average Bonchev–Trinajstić information content (AvgIpc) is 2.47. The van der Waals surface area contributed by atoms with Crippen molar-refractivity contribution in [1.82, 2.24) is 5.32 Å². The molecule has 0 radical (unpaired) electrons. The van der Waals surface area contributed by atoms with Gasteiger partial charge in [-0.25, -0.2) is 4.79 Å². The second-order valence-corrected chi connectivity index (χ2v) is 6.27. The molecular formula is C16H22BrNO5.